The lowest BCUT2D eigenvalue weighted by Crippen LogP contribution is -2.61. The van der Waals surface area contributed by atoms with Gasteiger partial charge in [0.15, 0.2) is 0 Å². The minimum atomic E-state index is -3.30. The summed E-state index contributed by atoms with van der Waals surface area (Å²) >= 11 is 0. The highest BCUT2D eigenvalue weighted by Gasteiger charge is 2.37. The molecule has 0 aromatic heterocycles. The van der Waals surface area contributed by atoms with Gasteiger partial charge in [-0.2, -0.15) is 0 Å². The first kappa shape index (κ1) is 21.2. The molecule has 1 aromatic carbocycles. The summed E-state index contributed by atoms with van der Waals surface area (Å²) in [7, 11) is 3.24. The second kappa shape index (κ2) is 8.96. The quantitative estimate of drug-likeness (QED) is 0.745. The van der Waals surface area contributed by atoms with E-state index in [2.05, 4.69) is 21.8 Å². The molecule has 2 fully saturated rings. The lowest BCUT2D eigenvalue weighted by molar-refractivity contribution is -0.0330. The summed E-state index contributed by atoms with van der Waals surface area (Å²) in [5.41, 5.74) is 1.27. The van der Waals surface area contributed by atoms with Gasteiger partial charge in [0.2, 0.25) is 10.0 Å². The van der Waals surface area contributed by atoms with Gasteiger partial charge in [-0.1, -0.05) is 18.2 Å². The third-order valence-corrected chi connectivity index (χ3v) is 7.29. The van der Waals surface area contributed by atoms with E-state index in [9.17, 15) is 8.42 Å². The molecule has 29 heavy (non-hydrogen) atoms. The summed E-state index contributed by atoms with van der Waals surface area (Å²) in [6.07, 6.45) is 7.31. The summed E-state index contributed by atoms with van der Waals surface area (Å²) in [5, 5.41) is 0. The molecule has 1 aliphatic carbocycles. The highest BCUT2D eigenvalue weighted by Crippen LogP contribution is 2.39. The number of para-hydroxylation sites is 1. The molecule has 1 unspecified atom stereocenters. The molecule has 158 valence electrons. The van der Waals surface area contributed by atoms with E-state index in [1.165, 1.54) is 11.8 Å². The summed E-state index contributed by atoms with van der Waals surface area (Å²) in [6, 6.07) is 8.00. The van der Waals surface area contributed by atoms with Crippen LogP contribution >= 0.6 is 0 Å². The summed E-state index contributed by atoms with van der Waals surface area (Å²) in [4.78, 5) is 2.17. The zero-order valence-electron chi connectivity index (χ0n) is 17.1. The molecule has 3 atom stereocenters. The monoisotopic (exact) mass is 418 g/mol. The molecule has 3 aliphatic heterocycles. The van der Waals surface area contributed by atoms with E-state index in [1.807, 2.05) is 12.1 Å². The van der Waals surface area contributed by atoms with Gasteiger partial charge in [0.05, 0.1) is 33.4 Å². The lowest BCUT2D eigenvalue weighted by Gasteiger charge is -2.45. The van der Waals surface area contributed by atoms with Crippen molar-refractivity contribution in [1.29, 1.82) is 0 Å². The number of nitrogens with zero attached hydrogens (tertiary/aromatic N) is 1. The Hall–Kier alpha value is -1.09. The highest BCUT2D eigenvalue weighted by molar-refractivity contribution is 7.88. The zero-order chi connectivity index (χ0) is 20.4. The van der Waals surface area contributed by atoms with Gasteiger partial charge in [-0.3, -0.25) is 4.90 Å². The molecule has 1 saturated carbocycles. The number of fused-ring (bicyclic) bond motifs is 5. The third kappa shape index (κ3) is 5.16. The Morgan fingerprint density at radius 3 is 2.62 bits per heavy atom. The van der Waals surface area contributed by atoms with Crippen LogP contribution in [0.1, 0.15) is 50.0 Å². The van der Waals surface area contributed by atoms with E-state index in [4.69, 9.17) is 17.3 Å². The van der Waals surface area contributed by atoms with Crippen LogP contribution in [0.2, 0.25) is 0 Å². The Morgan fingerprint density at radius 2 is 1.86 bits per heavy atom. The summed E-state index contributed by atoms with van der Waals surface area (Å²) in [5.74, 6) is 1.09. The van der Waals surface area contributed by atoms with Crippen molar-refractivity contribution in [2.45, 2.75) is 68.6 Å². The van der Waals surface area contributed by atoms with E-state index in [-0.39, 0.29) is 24.1 Å². The van der Waals surface area contributed by atoms with Gasteiger partial charge in [-0.25, -0.2) is 13.1 Å². The standard InChI is InChI=1S/C21H31BN2O4S/c1-29(25,26)23-18-6-4-12-24-19(18)13-27-16-10-8-15(9-11-16)17-5-2-3-7-20(17)28-14-21(24)22/h2-3,5,7,15-16,18-19,21,23H,4,6,8-14H2,1H3/t15?,16?,18-,19-,21?/m0/s1. The van der Waals surface area contributed by atoms with Crippen LogP contribution in [-0.2, 0) is 14.8 Å². The van der Waals surface area contributed by atoms with Crippen LogP contribution in [0.15, 0.2) is 24.3 Å². The van der Waals surface area contributed by atoms with Crippen LogP contribution < -0.4 is 9.46 Å². The van der Waals surface area contributed by atoms with Crippen molar-refractivity contribution in [3.63, 3.8) is 0 Å². The Labute approximate surface area is 175 Å². The first-order chi connectivity index (χ1) is 13.9. The van der Waals surface area contributed by atoms with Crippen molar-refractivity contribution in [2.75, 3.05) is 26.0 Å². The number of hydrogen-bond acceptors (Lipinski definition) is 5. The molecule has 2 bridgehead atoms. The number of piperidine rings is 1. The Bertz CT molecular complexity index is 798. The van der Waals surface area contributed by atoms with E-state index in [1.54, 1.807) is 0 Å². The van der Waals surface area contributed by atoms with Gasteiger partial charge >= 0.3 is 0 Å². The fourth-order valence-corrected chi connectivity index (χ4v) is 5.94. The van der Waals surface area contributed by atoms with Crippen LogP contribution in [-0.4, -0.2) is 71.3 Å². The molecule has 3 heterocycles. The first-order valence-electron chi connectivity index (χ1n) is 10.7. The van der Waals surface area contributed by atoms with Crippen LogP contribution in [0.3, 0.4) is 0 Å². The topological polar surface area (TPSA) is 67.9 Å². The normalized spacial score (nSPS) is 34.0. The smallest absolute Gasteiger partial charge is 0.209 e. The number of rotatable bonds is 2. The van der Waals surface area contributed by atoms with Crippen molar-refractivity contribution in [3.8, 4) is 5.75 Å². The molecular weight excluding hydrogens is 387 g/mol. The number of nitrogens with one attached hydrogen (secondary N) is 1. The molecule has 8 heteroatoms. The average Bonchev–Trinajstić information content (AvgIpc) is 2.71. The Morgan fingerprint density at radius 1 is 1.10 bits per heavy atom. The molecule has 2 radical (unpaired) electrons. The molecular formula is C21H31BN2O4S. The fraction of sp³-hybridized carbons (Fsp3) is 0.714. The molecule has 0 spiro atoms. The predicted molar refractivity (Wildman–Crippen MR) is 114 cm³/mol. The van der Waals surface area contributed by atoms with Crippen molar-refractivity contribution >= 4 is 17.9 Å². The fourth-order valence-electron chi connectivity index (χ4n) is 5.11. The van der Waals surface area contributed by atoms with Crippen molar-refractivity contribution in [3.05, 3.63) is 29.8 Å². The van der Waals surface area contributed by atoms with Crippen LogP contribution in [0.5, 0.6) is 5.75 Å². The second-order valence-corrected chi connectivity index (χ2v) is 10.4. The summed E-state index contributed by atoms with van der Waals surface area (Å²) in [6.45, 7) is 1.67. The molecule has 4 aliphatic rings. The van der Waals surface area contributed by atoms with Crippen molar-refractivity contribution < 1.29 is 17.9 Å². The highest BCUT2D eigenvalue weighted by atomic mass is 32.2. The maximum Gasteiger partial charge on any atom is 0.209 e. The van der Waals surface area contributed by atoms with Crippen LogP contribution in [0.4, 0.5) is 0 Å². The average molecular weight is 418 g/mol. The van der Waals surface area contributed by atoms with E-state index in [0.29, 0.717) is 19.1 Å². The maximum absolute atomic E-state index is 11.9. The van der Waals surface area contributed by atoms with Crippen molar-refractivity contribution in [2.24, 2.45) is 0 Å². The maximum atomic E-state index is 11.9. The molecule has 1 saturated heterocycles. The largest absolute Gasteiger partial charge is 0.492 e. The first-order valence-corrected chi connectivity index (χ1v) is 12.6. The minimum absolute atomic E-state index is 0.0919. The van der Waals surface area contributed by atoms with Gasteiger partial charge in [0.25, 0.3) is 0 Å². The van der Waals surface area contributed by atoms with Crippen LogP contribution in [0.25, 0.3) is 0 Å². The third-order valence-electron chi connectivity index (χ3n) is 6.56. The summed E-state index contributed by atoms with van der Waals surface area (Å²) < 4.78 is 39.2. The zero-order valence-corrected chi connectivity index (χ0v) is 17.9. The molecule has 1 N–H and O–H groups in total. The Kier molecular flexibility index (Phi) is 6.54. The molecule has 1 aromatic rings. The van der Waals surface area contributed by atoms with Gasteiger partial charge in [-0.05, 0) is 62.6 Å². The van der Waals surface area contributed by atoms with Crippen LogP contribution in [0, 0.1) is 0 Å². The number of ether oxygens (including phenoxy) is 2. The van der Waals surface area contributed by atoms with Gasteiger partial charge in [0, 0.05) is 18.0 Å². The number of hydrogen-bond donors (Lipinski definition) is 1. The SMILES string of the molecule is [B]C1COc2ccccc2C2CCC(CC2)OC[C@H]2[C@@H](NS(C)(=O)=O)CCCN12. The molecule has 0 amide bonds. The molecule has 5 rings (SSSR count). The Balaban J connectivity index is 1.60. The number of benzene rings is 1. The van der Waals surface area contributed by atoms with E-state index < -0.39 is 10.0 Å². The minimum Gasteiger partial charge on any atom is -0.492 e. The second-order valence-electron chi connectivity index (χ2n) is 8.67. The van der Waals surface area contributed by atoms with E-state index >= 15 is 0 Å². The van der Waals surface area contributed by atoms with Gasteiger partial charge in [-0.15, -0.1) is 0 Å². The molecule has 6 nitrogen and oxygen atoms in total. The van der Waals surface area contributed by atoms with Gasteiger partial charge < -0.3 is 9.47 Å². The lowest BCUT2D eigenvalue weighted by atomic mass is 9.82. The number of sulfonamides is 1. The van der Waals surface area contributed by atoms with Crippen molar-refractivity contribution in [1.82, 2.24) is 9.62 Å². The van der Waals surface area contributed by atoms with E-state index in [0.717, 1.165) is 50.8 Å². The predicted octanol–water partition coefficient (Wildman–Crippen LogP) is 2.00. The van der Waals surface area contributed by atoms with Gasteiger partial charge in [0.1, 0.15) is 5.75 Å².